The van der Waals surface area contributed by atoms with Crippen LogP contribution in [0.3, 0.4) is 0 Å². The fourth-order valence-corrected chi connectivity index (χ4v) is 3.33. The van der Waals surface area contributed by atoms with Crippen LogP contribution in [-0.4, -0.2) is 40.6 Å². The number of carbonyl (C=O) groups excluding carboxylic acids is 2. The summed E-state index contributed by atoms with van der Waals surface area (Å²) in [5, 5.41) is 14.7. The molecule has 1 aliphatic carbocycles. The van der Waals surface area contributed by atoms with Crippen LogP contribution in [0.5, 0.6) is 0 Å². The molecule has 0 saturated heterocycles. The van der Waals surface area contributed by atoms with E-state index in [9.17, 15) is 19.1 Å². The minimum absolute atomic E-state index is 0.0366. The Hall–Kier alpha value is -2.02. The van der Waals surface area contributed by atoms with Gasteiger partial charge in [0.2, 0.25) is 11.9 Å². The van der Waals surface area contributed by atoms with E-state index in [-0.39, 0.29) is 11.7 Å². The summed E-state index contributed by atoms with van der Waals surface area (Å²) in [7, 11) is 0. The van der Waals surface area contributed by atoms with Crippen molar-refractivity contribution in [2.75, 3.05) is 6.61 Å². The molecule has 1 aromatic heterocycles. The van der Waals surface area contributed by atoms with Gasteiger partial charge in [0, 0.05) is 6.04 Å². The van der Waals surface area contributed by atoms with Crippen molar-refractivity contribution in [1.82, 2.24) is 15.6 Å². The van der Waals surface area contributed by atoms with Gasteiger partial charge in [0.25, 0.3) is 5.91 Å². The molecule has 7 heteroatoms. The zero-order chi connectivity index (χ0) is 17.7. The highest BCUT2D eigenvalue weighted by Gasteiger charge is 2.28. The Bertz CT molecular complexity index is 586. The first kappa shape index (κ1) is 18.3. The second-order valence-electron chi connectivity index (χ2n) is 6.68. The van der Waals surface area contributed by atoms with E-state index in [0.717, 1.165) is 25.3 Å². The topological polar surface area (TPSA) is 91.3 Å². The molecule has 0 spiro atoms. The van der Waals surface area contributed by atoms with Gasteiger partial charge >= 0.3 is 0 Å². The fraction of sp³-hybridized carbons (Fsp3) is 0.588. The van der Waals surface area contributed by atoms with Crippen molar-refractivity contribution < 1.29 is 19.1 Å². The average Bonchev–Trinajstić information content (AvgIpc) is 2.51. The van der Waals surface area contributed by atoms with Crippen molar-refractivity contribution in [3.8, 4) is 0 Å². The number of aromatic nitrogens is 1. The molecule has 0 radical (unpaired) electrons. The number of aliphatic hydroxyl groups is 1. The quantitative estimate of drug-likeness (QED) is 0.705. The SMILES string of the molecule is CC1CC(C)CC(NC(=O)[C@H](CO)NC(=O)c2cccc(F)n2)C1. The van der Waals surface area contributed by atoms with Crippen LogP contribution in [0.25, 0.3) is 0 Å². The third kappa shape index (κ3) is 4.99. The molecule has 2 rings (SSSR count). The second-order valence-corrected chi connectivity index (χ2v) is 6.68. The third-order valence-electron chi connectivity index (χ3n) is 4.28. The maximum Gasteiger partial charge on any atom is 0.270 e. The molecule has 0 aromatic carbocycles. The normalized spacial score (nSPS) is 24.9. The number of hydrogen-bond acceptors (Lipinski definition) is 4. The first-order valence-electron chi connectivity index (χ1n) is 8.23. The number of nitrogens with one attached hydrogen (secondary N) is 2. The van der Waals surface area contributed by atoms with E-state index < -0.39 is 30.4 Å². The summed E-state index contributed by atoms with van der Waals surface area (Å²) in [4.78, 5) is 27.8. The lowest BCUT2D eigenvalue weighted by Gasteiger charge is -2.32. The van der Waals surface area contributed by atoms with Crippen molar-refractivity contribution >= 4 is 11.8 Å². The number of pyridine rings is 1. The highest BCUT2D eigenvalue weighted by atomic mass is 19.1. The fourth-order valence-electron chi connectivity index (χ4n) is 3.33. The maximum atomic E-state index is 13.1. The molecule has 1 fully saturated rings. The summed E-state index contributed by atoms with van der Waals surface area (Å²) in [6.45, 7) is 3.76. The largest absolute Gasteiger partial charge is 0.394 e. The molecule has 1 aromatic rings. The zero-order valence-corrected chi connectivity index (χ0v) is 14.0. The second kappa shape index (κ2) is 8.19. The predicted octanol–water partition coefficient (Wildman–Crippen LogP) is 1.25. The van der Waals surface area contributed by atoms with Crippen molar-refractivity contribution in [3.05, 3.63) is 29.8 Å². The minimum Gasteiger partial charge on any atom is -0.394 e. The van der Waals surface area contributed by atoms with E-state index in [1.54, 1.807) is 0 Å². The number of rotatable bonds is 5. The number of hydrogen-bond donors (Lipinski definition) is 3. The molecule has 132 valence electrons. The number of amides is 2. The minimum atomic E-state index is -1.09. The average molecular weight is 337 g/mol. The highest BCUT2D eigenvalue weighted by molar-refractivity contribution is 5.96. The van der Waals surface area contributed by atoms with Gasteiger partial charge in [-0.3, -0.25) is 9.59 Å². The van der Waals surface area contributed by atoms with Crippen molar-refractivity contribution in [2.24, 2.45) is 11.8 Å². The summed E-state index contributed by atoms with van der Waals surface area (Å²) < 4.78 is 13.1. The van der Waals surface area contributed by atoms with Gasteiger partial charge in [-0.25, -0.2) is 4.98 Å². The summed E-state index contributed by atoms with van der Waals surface area (Å²) in [5.74, 6) is -0.865. The molecule has 3 N–H and O–H groups in total. The Morgan fingerprint density at radius 3 is 2.54 bits per heavy atom. The standard InChI is InChI=1S/C17H24FN3O3/c1-10-6-11(2)8-12(7-10)19-17(24)14(9-22)21-16(23)13-4-3-5-15(18)20-13/h3-5,10-12,14,22H,6-9H2,1-2H3,(H,19,24)(H,21,23)/t10?,11?,12?,14-/m0/s1. The van der Waals surface area contributed by atoms with Crippen molar-refractivity contribution in [1.29, 1.82) is 0 Å². The molecule has 1 saturated carbocycles. The van der Waals surface area contributed by atoms with Gasteiger partial charge in [0.1, 0.15) is 11.7 Å². The van der Waals surface area contributed by atoms with Crippen LogP contribution < -0.4 is 10.6 Å². The Balaban J connectivity index is 1.95. The Labute approximate surface area is 140 Å². The van der Waals surface area contributed by atoms with Gasteiger partial charge in [0.15, 0.2) is 0 Å². The molecule has 1 heterocycles. The van der Waals surface area contributed by atoms with E-state index in [0.29, 0.717) is 11.8 Å². The van der Waals surface area contributed by atoms with E-state index in [2.05, 4.69) is 29.5 Å². The maximum absolute atomic E-state index is 13.1. The van der Waals surface area contributed by atoms with Gasteiger partial charge in [0.05, 0.1) is 6.61 Å². The summed E-state index contributed by atoms with van der Waals surface area (Å²) >= 11 is 0. The number of halogens is 1. The van der Waals surface area contributed by atoms with E-state index >= 15 is 0 Å². The molecular weight excluding hydrogens is 313 g/mol. The van der Waals surface area contributed by atoms with Crippen LogP contribution >= 0.6 is 0 Å². The van der Waals surface area contributed by atoms with Gasteiger partial charge < -0.3 is 15.7 Å². The molecule has 0 bridgehead atoms. The summed E-state index contributed by atoms with van der Waals surface area (Å²) in [6, 6.07) is 2.77. The lowest BCUT2D eigenvalue weighted by molar-refractivity contribution is -0.125. The van der Waals surface area contributed by atoms with Gasteiger partial charge in [-0.2, -0.15) is 4.39 Å². The predicted molar refractivity (Wildman–Crippen MR) is 86.6 cm³/mol. The lowest BCUT2D eigenvalue weighted by Crippen LogP contribution is -2.52. The smallest absolute Gasteiger partial charge is 0.270 e. The molecule has 1 aliphatic rings. The molecule has 24 heavy (non-hydrogen) atoms. The third-order valence-corrected chi connectivity index (χ3v) is 4.28. The number of nitrogens with zero attached hydrogens (tertiary/aromatic N) is 1. The van der Waals surface area contributed by atoms with E-state index in [1.807, 2.05) is 0 Å². The van der Waals surface area contributed by atoms with Gasteiger partial charge in [-0.05, 0) is 43.2 Å². The molecule has 2 unspecified atom stereocenters. The van der Waals surface area contributed by atoms with Crippen molar-refractivity contribution in [3.63, 3.8) is 0 Å². The molecule has 2 amide bonds. The molecule has 0 aliphatic heterocycles. The number of carbonyl (C=O) groups is 2. The number of aliphatic hydroxyl groups excluding tert-OH is 1. The summed E-state index contributed by atoms with van der Waals surface area (Å²) in [6.07, 6.45) is 2.90. The lowest BCUT2D eigenvalue weighted by atomic mass is 9.80. The van der Waals surface area contributed by atoms with E-state index in [1.165, 1.54) is 12.1 Å². The Kier molecular flexibility index (Phi) is 6.25. The van der Waals surface area contributed by atoms with E-state index in [4.69, 9.17) is 0 Å². The highest BCUT2D eigenvalue weighted by Crippen LogP contribution is 2.28. The van der Waals surface area contributed by atoms with Crippen LogP contribution in [-0.2, 0) is 4.79 Å². The molecule has 6 nitrogen and oxygen atoms in total. The summed E-state index contributed by atoms with van der Waals surface area (Å²) in [5.41, 5.74) is -0.138. The van der Waals surface area contributed by atoms with Crippen LogP contribution in [0.1, 0.15) is 43.6 Å². The van der Waals surface area contributed by atoms with Crippen LogP contribution in [0.15, 0.2) is 18.2 Å². The molecule has 3 atom stereocenters. The van der Waals surface area contributed by atoms with Crippen molar-refractivity contribution in [2.45, 2.75) is 45.2 Å². The Morgan fingerprint density at radius 2 is 1.96 bits per heavy atom. The Morgan fingerprint density at radius 1 is 1.29 bits per heavy atom. The van der Waals surface area contributed by atoms with Crippen LogP contribution in [0.2, 0.25) is 0 Å². The van der Waals surface area contributed by atoms with Gasteiger partial charge in [-0.1, -0.05) is 19.9 Å². The van der Waals surface area contributed by atoms with Crippen LogP contribution in [0, 0.1) is 17.8 Å². The first-order chi connectivity index (χ1) is 11.4. The van der Waals surface area contributed by atoms with Gasteiger partial charge in [-0.15, -0.1) is 0 Å². The van der Waals surface area contributed by atoms with Crippen LogP contribution in [0.4, 0.5) is 4.39 Å². The monoisotopic (exact) mass is 337 g/mol. The first-order valence-corrected chi connectivity index (χ1v) is 8.23. The molecular formula is C17H24FN3O3. The zero-order valence-electron chi connectivity index (χ0n) is 14.0.